The molecule has 0 saturated heterocycles. The van der Waals surface area contributed by atoms with Gasteiger partial charge < -0.3 is 9.88 Å². The summed E-state index contributed by atoms with van der Waals surface area (Å²) < 4.78 is 1.71. The van der Waals surface area contributed by atoms with Crippen molar-refractivity contribution in [3.05, 3.63) is 77.3 Å². The van der Waals surface area contributed by atoms with Crippen molar-refractivity contribution in [2.24, 2.45) is 0 Å². The zero-order valence-corrected chi connectivity index (χ0v) is 12.7. The van der Waals surface area contributed by atoms with Crippen molar-refractivity contribution in [2.75, 3.05) is 11.9 Å². The van der Waals surface area contributed by atoms with Crippen molar-refractivity contribution < 1.29 is 0 Å². The third-order valence-corrected chi connectivity index (χ3v) is 3.47. The predicted molar refractivity (Wildman–Crippen MR) is 91.3 cm³/mol. The van der Waals surface area contributed by atoms with Gasteiger partial charge in [-0.3, -0.25) is 4.79 Å². The van der Waals surface area contributed by atoms with Crippen LogP contribution in [0.2, 0.25) is 0 Å². The van der Waals surface area contributed by atoms with Crippen molar-refractivity contribution in [1.29, 1.82) is 0 Å². The first-order valence-corrected chi connectivity index (χ1v) is 7.61. The minimum atomic E-state index is 0.0286. The van der Waals surface area contributed by atoms with Crippen LogP contribution in [0, 0.1) is 0 Å². The third kappa shape index (κ3) is 4.03. The van der Waals surface area contributed by atoms with Gasteiger partial charge in [0.15, 0.2) is 5.82 Å². The Kier molecular flexibility index (Phi) is 4.79. The molecule has 0 aliphatic carbocycles. The molecule has 0 spiro atoms. The van der Waals surface area contributed by atoms with Gasteiger partial charge in [-0.05, 0) is 18.6 Å². The maximum absolute atomic E-state index is 11.6. The Balaban J connectivity index is 1.57. The molecular formula is C18H18N4O. The van der Waals surface area contributed by atoms with Gasteiger partial charge in [0.05, 0.1) is 0 Å². The summed E-state index contributed by atoms with van der Waals surface area (Å²) in [6, 6.07) is 16.9. The van der Waals surface area contributed by atoms with Crippen LogP contribution in [0.25, 0.3) is 11.4 Å². The minimum Gasteiger partial charge on any atom is -0.370 e. The summed E-state index contributed by atoms with van der Waals surface area (Å²) in [7, 11) is 0. The summed E-state index contributed by atoms with van der Waals surface area (Å²) in [5, 5.41) is 3.28. The lowest BCUT2D eigenvalue weighted by Crippen LogP contribution is -2.19. The van der Waals surface area contributed by atoms with E-state index in [-0.39, 0.29) is 5.56 Å². The lowest BCUT2D eigenvalue weighted by atomic mass is 10.2. The van der Waals surface area contributed by atoms with Crippen LogP contribution in [0.1, 0.15) is 6.42 Å². The molecule has 1 aromatic carbocycles. The zero-order valence-electron chi connectivity index (χ0n) is 12.7. The van der Waals surface area contributed by atoms with Crippen molar-refractivity contribution in [3.63, 3.8) is 0 Å². The second-order valence-electron chi connectivity index (χ2n) is 5.14. The molecule has 0 aliphatic rings. The Hall–Kier alpha value is -2.95. The van der Waals surface area contributed by atoms with Crippen LogP contribution >= 0.6 is 0 Å². The number of rotatable bonds is 6. The van der Waals surface area contributed by atoms with Crippen molar-refractivity contribution in [1.82, 2.24) is 14.5 Å². The molecule has 0 saturated carbocycles. The van der Waals surface area contributed by atoms with Crippen LogP contribution in [-0.2, 0) is 6.54 Å². The first-order chi connectivity index (χ1) is 11.3. The highest BCUT2D eigenvalue weighted by molar-refractivity contribution is 5.56. The number of aryl methyl sites for hydroxylation is 1. The van der Waals surface area contributed by atoms with Gasteiger partial charge in [-0.15, -0.1) is 0 Å². The molecule has 5 nitrogen and oxygen atoms in total. The van der Waals surface area contributed by atoms with E-state index in [2.05, 4.69) is 15.3 Å². The molecule has 0 amide bonds. The van der Waals surface area contributed by atoms with E-state index in [1.54, 1.807) is 29.1 Å². The summed E-state index contributed by atoms with van der Waals surface area (Å²) >= 11 is 0. The predicted octanol–water partition coefficient (Wildman–Crippen LogP) is 2.81. The van der Waals surface area contributed by atoms with E-state index in [1.165, 1.54) is 0 Å². The number of anilines is 1. The van der Waals surface area contributed by atoms with E-state index in [9.17, 15) is 4.79 Å². The van der Waals surface area contributed by atoms with Gasteiger partial charge in [0.2, 0.25) is 5.56 Å². The molecule has 1 N–H and O–H groups in total. The van der Waals surface area contributed by atoms with Gasteiger partial charge in [0.25, 0.3) is 0 Å². The average molecular weight is 306 g/mol. The van der Waals surface area contributed by atoms with E-state index in [0.29, 0.717) is 12.4 Å². The van der Waals surface area contributed by atoms with Gasteiger partial charge in [0.1, 0.15) is 5.82 Å². The van der Waals surface area contributed by atoms with Crippen LogP contribution in [0.4, 0.5) is 5.82 Å². The van der Waals surface area contributed by atoms with Crippen molar-refractivity contribution in [3.8, 4) is 11.4 Å². The summed E-state index contributed by atoms with van der Waals surface area (Å²) in [6.45, 7) is 1.43. The Morgan fingerprint density at radius 2 is 1.83 bits per heavy atom. The summed E-state index contributed by atoms with van der Waals surface area (Å²) in [6.07, 6.45) is 4.40. The zero-order chi connectivity index (χ0) is 15.9. The minimum absolute atomic E-state index is 0.0286. The van der Waals surface area contributed by atoms with Gasteiger partial charge in [-0.25, -0.2) is 9.97 Å². The Morgan fingerprint density at radius 1 is 1.00 bits per heavy atom. The highest BCUT2D eigenvalue weighted by Crippen LogP contribution is 2.15. The Morgan fingerprint density at radius 3 is 2.65 bits per heavy atom. The number of pyridine rings is 1. The number of nitrogens with zero attached hydrogens (tertiary/aromatic N) is 3. The maximum atomic E-state index is 11.6. The lowest BCUT2D eigenvalue weighted by Gasteiger charge is -2.08. The first-order valence-electron chi connectivity index (χ1n) is 7.61. The number of hydrogen-bond acceptors (Lipinski definition) is 4. The number of benzene rings is 1. The molecule has 2 aromatic heterocycles. The lowest BCUT2D eigenvalue weighted by molar-refractivity contribution is 0.638. The van der Waals surface area contributed by atoms with E-state index in [4.69, 9.17) is 0 Å². The molecule has 0 radical (unpaired) electrons. The van der Waals surface area contributed by atoms with Crippen LogP contribution in [0.5, 0.6) is 0 Å². The molecule has 0 aliphatic heterocycles. The van der Waals surface area contributed by atoms with E-state index < -0.39 is 0 Å². The monoisotopic (exact) mass is 306 g/mol. The quantitative estimate of drug-likeness (QED) is 0.711. The van der Waals surface area contributed by atoms with Crippen molar-refractivity contribution in [2.45, 2.75) is 13.0 Å². The van der Waals surface area contributed by atoms with Gasteiger partial charge in [0, 0.05) is 37.1 Å². The molecule has 116 valence electrons. The highest BCUT2D eigenvalue weighted by Gasteiger charge is 2.01. The summed E-state index contributed by atoms with van der Waals surface area (Å²) in [5.74, 6) is 1.49. The third-order valence-electron chi connectivity index (χ3n) is 3.47. The summed E-state index contributed by atoms with van der Waals surface area (Å²) in [5.41, 5.74) is 1.02. The molecule has 5 heteroatoms. The van der Waals surface area contributed by atoms with E-state index >= 15 is 0 Å². The fourth-order valence-electron chi connectivity index (χ4n) is 2.29. The largest absolute Gasteiger partial charge is 0.370 e. The standard InChI is InChI=1S/C18H18N4O/c23-17-9-4-5-13-22(17)14-6-11-19-16-10-12-20-18(21-16)15-7-2-1-3-8-15/h1-5,7-10,12-13H,6,11,14H2,(H,19,20,21). The average Bonchev–Trinajstić information content (AvgIpc) is 2.61. The molecule has 0 bridgehead atoms. The van der Waals surface area contributed by atoms with Gasteiger partial charge in [-0.2, -0.15) is 0 Å². The van der Waals surface area contributed by atoms with E-state index in [0.717, 1.165) is 24.3 Å². The number of aromatic nitrogens is 3. The fourth-order valence-corrected chi connectivity index (χ4v) is 2.29. The normalized spacial score (nSPS) is 10.4. The maximum Gasteiger partial charge on any atom is 0.250 e. The van der Waals surface area contributed by atoms with Crippen LogP contribution in [0.3, 0.4) is 0 Å². The summed E-state index contributed by atoms with van der Waals surface area (Å²) in [4.78, 5) is 20.4. The van der Waals surface area contributed by atoms with Gasteiger partial charge in [-0.1, -0.05) is 36.4 Å². The molecule has 2 heterocycles. The van der Waals surface area contributed by atoms with Gasteiger partial charge >= 0.3 is 0 Å². The topological polar surface area (TPSA) is 59.8 Å². The Bertz CT molecular complexity index is 814. The van der Waals surface area contributed by atoms with E-state index in [1.807, 2.05) is 42.5 Å². The number of hydrogen-bond donors (Lipinski definition) is 1. The first kappa shape index (κ1) is 15.0. The number of nitrogens with one attached hydrogen (secondary N) is 1. The second kappa shape index (κ2) is 7.35. The SMILES string of the molecule is O=c1ccccn1CCCNc1ccnc(-c2ccccc2)n1. The Labute approximate surface area is 134 Å². The second-order valence-corrected chi connectivity index (χ2v) is 5.14. The molecule has 0 fully saturated rings. The highest BCUT2D eigenvalue weighted by atomic mass is 16.1. The molecular weight excluding hydrogens is 288 g/mol. The smallest absolute Gasteiger partial charge is 0.250 e. The van der Waals surface area contributed by atoms with Crippen LogP contribution in [-0.4, -0.2) is 21.1 Å². The van der Waals surface area contributed by atoms with Crippen LogP contribution in [0.15, 0.2) is 71.8 Å². The van der Waals surface area contributed by atoms with Crippen molar-refractivity contribution >= 4 is 5.82 Å². The molecule has 0 unspecified atom stereocenters. The molecule has 0 atom stereocenters. The molecule has 3 rings (SSSR count). The van der Waals surface area contributed by atoms with Crippen LogP contribution < -0.4 is 10.9 Å². The molecule has 23 heavy (non-hydrogen) atoms. The molecule has 3 aromatic rings. The fraction of sp³-hybridized carbons (Fsp3) is 0.167.